The average Bonchev–Trinajstić information content (AvgIpc) is 2.42. The monoisotopic (exact) mass is 290 g/mol. The van der Waals surface area contributed by atoms with Gasteiger partial charge in [-0.15, -0.1) is 0 Å². The van der Waals surface area contributed by atoms with E-state index in [2.05, 4.69) is 5.32 Å². The first-order chi connectivity index (χ1) is 9.90. The quantitative estimate of drug-likeness (QED) is 0.717. The molecule has 4 N–H and O–H groups in total. The van der Waals surface area contributed by atoms with Gasteiger partial charge in [-0.1, -0.05) is 18.2 Å². The first-order valence-corrected chi connectivity index (χ1v) is 6.21. The lowest BCUT2D eigenvalue weighted by Crippen LogP contribution is -2.38. The summed E-state index contributed by atoms with van der Waals surface area (Å²) in [5.74, 6) is -1.94. The number of fused-ring (bicyclic) bond motifs is 1. The van der Waals surface area contributed by atoms with Crippen LogP contribution in [-0.4, -0.2) is 23.0 Å². The highest BCUT2D eigenvalue weighted by atomic mass is 16.4. The van der Waals surface area contributed by atoms with Crippen LogP contribution in [0.3, 0.4) is 0 Å². The Labute approximate surface area is 119 Å². The molecular weight excluding hydrogens is 276 g/mol. The lowest BCUT2D eigenvalue weighted by molar-refractivity contribution is -0.138. The second-order valence-corrected chi connectivity index (χ2v) is 4.58. The van der Waals surface area contributed by atoms with Gasteiger partial charge < -0.3 is 20.6 Å². The first-order valence-electron chi connectivity index (χ1n) is 6.21. The summed E-state index contributed by atoms with van der Waals surface area (Å²) < 4.78 is 5.11. The van der Waals surface area contributed by atoms with Crippen LogP contribution in [0.15, 0.2) is 33.5 Å². The summed E-state index contributed by atoms with van der Waals surface area (Å²) in [7, 11) is 0. The molecule has 0 bridgehead atoms. The Kier molecular flexibility index (Phi) is 4.04. The fraction of sp³-hybridized carbons (Fsp3) is 0.214. The molecule has 2 rings (SSSR count). The molecular formula is C14H14N2O5. The Morgan fingerprint density at radius 3 is 2.71 bits per heavy atom. The van der Waals surface area contributed by atoms with Gasteiger partial charge in [0.25, 0.3) is 0 Å². The zero-order chi connectivity index (χ0) is 15.6. The number of carboxylic acids is 1. The van der Waals surface area contributed by atoms with Crippen LogP contribution in [0.25, 0.3) is 11.0 Å². The predicted molar refractivity (Wildman–Crippen MR) is 76.1 cm³/mol. The van der Waals surface area contributed by atoms with Crippen molar-refractivity contribution < 1.29 is 19.1 Å². The minimum atomic E-state index is -1.24. The largest absolute Gasteiger partial charge is 0.481 e. The lowest BCUT2D eigenvalue weighted by atomic mass is 10.1. The number of anilines is 1. The summed E-state index contributed by atoms with van der Waals surface area (Å²) in [5.41, 5.74) is 5.67. The Morgan fingerprint density at radius 1 is 1.38 bits per heavy atom. The molecule has 0 radical (unpaired) electrons. The van der Waals surface area contributed by atoms with E-state index in [1.165, 1.54) is 0 Å². The molecule has 2 aromatic rings. The zero-order valence-corrected chi connectivity index (χ0v) is 11.3. The molecule has 1 heterocycles. The Hall–Kier alpha value is -2.67. The maximum Gasteiger partial charge on any atom is 0.360 e. The van der Waals surface area contributed by atoms with Crippen molar-refractivity contribution >= 4 is 28.5 Å². The summed E-state index contributed by atoms with van der Waals surface area (Å²) in [6.45, 7) is 1.66. The maximum atomic E-state index is 11.9. The van der Waals surface area contributed by atoms with Gasteiger partial charge in [-0.25, -0.2) is 4.79 Å². The van der Waals surface area contributed by atoms with Crippen molar-refractivity contribution in [2.45, 2.75) is 19.4 Å². The van der Waals surface area contributed by atoms with E-state index >= 15 is 0 Å². The maximum absolute atomic E-state index is 11.9. The van der Waals surface area contributed by atoms with Crippen molar-refractivity contribution in [3.63, 3.8) is 0 Å². The van der Waals surface area contributed by atoms with Gasteiger partial charge in [-0.2, -0.15) is 0 Å². The molecule has 0 saturated carbocycles. The third-order valence-electron chi connectivity index (χ3n) is 3.05. The third-order valence-corrected chi connectivity index (χ3v) is 3.05. The molecule has 1 atom stereocenters. The van der Waals surface area contributed by atoms with E-state index in [0.717, 1.165) is 0 Å². The summed E-state index contributed by atoms with van der Waals surface area (Å²) in [6, 6.07) is 5.65. The van der Waals surface area contributed by atoms with E-state index in [1.54, 1.807) is 31.2 Å². The molecule has 0 fully saturated rings. The number of benzene rings is 1. The number of rotatable bonds is 4. The number of nitrogens with one attached hydrogen (secondary N) is 1. The van der Waals surface area contributed by atoms with Crippen LogP contribution in [0.1, 0.15) is 12.0 Å². The minimum Gasteiger partial charge on any atom is -0.481 e. The molecule has 0 saturated heterocycles. The van der Waals surface area contributed by atoms with Crippen LogP contribution in [0.5, 0.6) is 0 Å². The van der Waals surface area contributed by atoms with Gasteiger partial charge in [0, 0.05) is 5.39 Å². The van der Waals surface area contributed by atoms with Gasteiger partial charge in [-0.05, 0) is 18.6 Å². The number of nitrogens with two attached hydrogens (primary N) is 1. The van der Waals surface area contributed by atoms with Gasteiger partial charge in [0.15, 0.2) is 0 Å². The van der Waals surface area contributed by atoms with Gasteiger partial charge in [0.2, 0.25) is 5.91 Å². The molecule has 1 aromatic heterocycles. The number of aryl methyl sites for hydroxylation is 1. The molecule has 7 nitrogen and oxygen atoms in total. The van der Waals surface area contributed by atoms with Crippen molar-refractivity contribution in [1.29, 1.82) is 0 Å². The van der Waals surface area contributed by atoms with Gasteiger partial charge in [0.1, 0.15) is 11.3 Å². The molecule has 7 heteroatoms. The van der Waals surface area contributed by atoms with Gasteiger partial charge in [0.05, 0.1) is 12.5 Å². The van der Waals surface area contributed by atoms with E-state index in [4.69, 9.17) is 15.3 Å². The highest BCUT2D eigenvalue weighted by molar-refractivity contribution is 5.98. The van der Waals surface area contributed by atoms with Crippen molar-refractivity contribution in [2.75, 3.05) is 5.32 Å². The number of carbonyl (C=O) groups is 2. The zero-order valence-electron chi connectivity index (χ0n) is 11.3. The van der Waals surface area contributed by atoms with Crippen molar-refractivity contribution in [1.82, 2.24) is 0 Å². The summed E-state index contributed by atoms with van der Waals surface area (Å²) in [6.07, 6.45) is -0.524. The third kappa shape index (κ3) is 3.09. The number of aliphatic carboxylic acids is 1. The normalized spacial score (nSPS) is 12.1. The van der Waals surface area contributed by atoms with E-state index in [9.17, 15) is 14.4 Å². The molecule has 1 aromatic carbocycles. The second-order valence-electron chi connectivity index (χ2n) is 4.58. The Bertz CT molecular complexity index is 766. The van der Waals surface area contributed by atoms with E-state index < -0.39 is 30.0 Å². The smallest absolute Gasteiger partial charge is 0.360 e. The fourth-order valence-corrected chi connectivity index (χ4v) is 1.95. The molecule has 110 valence electrons. The van der Waals surface area contributed by atoms with Crippen molar-refractivity contribution in [3.05, 3.63) is 40.2 Å². The highest BCUT2D eigenvalue weighted by Crippen LogP contribution is 2.21. The number of amides is 1. The van der Waals surface area contributed by atoms with Crippen molar-refractivity contribution in [2.24, 2.45) is 5.73 Å². The second kappa shape index (κ2) is 5.76. The van der Waals surface area contributed by atoms with Gasteiger partial charge >= 0.3 is 11.6 Å². The Balaban J connectivity index is 2.36. The van der Waals surface area contributed by atoms with Crippen LogP contribution in [0.4, 0.5) is 5.69 Å². The number of carboxylic acid groups (broad SMARTS) is 1. The minimum absolute atomic E-state index is 0.0282. The Morgan fingerprint density at radius 2 is 2.05 bits per heavy atom. The molecule has 0 aliphatic carbocycles. The number of carbonyl (C=O) groups excluding carboxylic acids is 1. The summed E-state index contributed by atoms with van der Waals surface area (Å²) in [4.78, 5) is 34.2. The predicted octanol–water partition coefficient (Wildman–Crippen LogP) is 0.842. The van der Waals surface area contributed by atoms with E-state index in [-0.39, 0.29) is 5.69 Å². The van der Waals surface area contributed by atoms with Crippen LogP contribution in [0.2, 0.25) is 0 Å². The number of para-hydroxylation sites is 1. The SMILES string of the molecule is Cc1c(NC(=O)[C@@H](N)CC(=O)O)c(=O)oc2ccccc12. The average molecular weight is 290 g/mol. The number of hydrogen-bond acceptors (Lipinski definition) is 5. The van der Waals surface area contributed by atoms with Crippen LogP contribution in [0, 0.1) is 6.92 Å². The lowest BCUT2D eigenvalue weighted by Gasteiger charge is -2.12. The molecule has 0 spiro atoms. The van der Waals surface area contributed by atoms with E-state index in [0.29, 0.717) is 16.5 Å². The first kappa shape index (κ1) is 14.7. The molecule has 1 amide bonds. The van der Waals surface area contributed by atoms with Gasteiger partial charge in [-0.3, -0.25) is 9.59 Å². The topological polar surface area (TPSA) is 123 Å². The molecule has 0 aliphatic heterocycles. The standard InChI is InChI=1S/C14H14N2O5/c1-7-8-4-2-3-5-10(8)21-14(20)12(7)16-13(19)9(15)6-11(17)18/h2-5,9H,6,15H2,1H3,(H,16,19)(H,17,18)/t9-/m0/s1. The van der Waals surface area contributed by atoms with Crippen molar-refractivity contribution in [3.8, 4) is 0 Å². The highest BCUT2D eigenvalue weighted by Gasteiger charge is 2.20. The van der Waals surface area contributed by atoms with Crippen LogP contribution in [-0.2, 0) is 9.59 Å². The summed E-state index contributed by atoms with van der Waals surface area (Å²) >= 11 is 0. The molecule has 0 unspecified atom stereocenters. The molecule has 0 aliphatic rings. The molecule has 21 heavy (non-hydrogen) atoms. The van der Waals surface area contributed by atoms with Crippen LogP contribution < -0.4 is 16.7 Å². The van der Waals surface area contributed by atoms with Crippen LogP contribution >= 0.6 is 0 Å². The number of hydrogen-bond donors (Lipinski definition) is 3. The summed E-state index contributed by atoms with van der Waals surface area (Å²) in [5, 5.41) is 11.6. The van der Waals surface area contributed by atoms with E-state index in [1.807, 2.05) is 0 Å². The fourth-order valence-electron chi connectivity index (χ4n) is 1.95.